The Bertz CT molecular complexity index is 814. The maximum Gasteiger partial charge on any atom is 0.303 e. The van der Waals surface area contributed by atoms with Gasteiger partial charge < -0.3 is 14.9 Å². The number of piperidine rings is 1. The number of rotatable bonds is 5. The molecular formula is C22H30N4O2. The second-order valence-corrected chi connectivity index (χ2v) is 8.19. The molecule has 0 saturated carbocycles. The van der Waals surface area contributed by atoms with Gasteiger partial charge in [-0.25, -0.2) is 4.98 Å². The van der Waals surface area contributed by atoms with Crippen molar-refractivity contribution in [2.75, 3.05) is 51.2 Å². The van der Waals surface area contributed by atoms with Crippen LogP contribution in [0.5, 0.6) is 0 Å². The summed E-state index contributed by atoms with van der Waals surface area (Å²) in [6.45, 7) is 6.20. The third-order valence-electron chi connectivity index (χ3n) is 6.38. The number of hydrogen-bond donors (Lipinski definition) is 1. The number of benzene rings is 1. The quantitative estimate of drug-likeness (QED) is 0.858. The van der Waals surface area contributed by atoms with Crippen LogP contribution in [0.1, 0.15) is 19.3 Å². The predicted octanol–water partition coefficient (Wildman–Crippen LogP) is 2.54. The lowest BCUT2D eigenvalue weighted by Crippen LogP contribution is -2.56. The summed E-state index contributed by atoms with van der Waals surface area (Å²) in [6, 6.07) is 10.9. The van der Waals surface area contributed by atoms with Crippen LogP contribution < -0.4 is 4.90 Å². The normalized spacial score (nSPS) is 24.5. The molecule has 28 heavy (non-hydrogen) atoms. The summed E-state index contributed by atoms with van der Waals surface area (Å²) in [6.07, 6.45) is 3.93. The number of carbonyl (C=O) groups is 1. The summed E-state index contributed by atoms with van der Waals surface area (Å²) in [5.41, 5.74) is 0. The number of likely N-dealkylation sites (N-methyl/N-ethyl adjacent to an activating group) is 1. The van der Waals surface area contributed by atoms with E-state index < -0.39 is 5.97 Å². The lowest BCUT2D eigenvalue weighted by Gasteiger charge is -2.46. The molecule has 4 rings (SSSR count). The monoisotopic (exact) mass is 382 g/mol. The number of nitrogens with zero attached hydrogens (tertiary/aromatic N) is 4. The summed E-state index contributed by atoms with van der Waals surface area (Å²) >= 11 is 0. The standard InChI is InChI=1S/C22H30N4O2/c1-24-12-14-25(15-13-24)20-9-11-26(16-18(20)6-7-21(27)28)22-19-5-3-2-4-17(19)8-10-23-22/h2-5,8,10,18,20H,6-7,9,11-16H2,1H3,(H,27,28)/t18-,20+/m0/s1. The molecular weight excluding hydrogens is 352 g/mol. The van der Waals surface area contributed by atoms with Crippen molar-refractivity contribution in [3.05, 3.63) is 36.5 Å². The number of piperazine rings is 1. The van der Waals surface area contributed by atoms with E-state index in [4.69, 9.17) is 4.98 Å². The van der Waals surface area contributed by atoms with Crippen molar-refractivity contribution in [2.45, 2.75) is 25.3 Å². The Morgan fingerprint density at radius 3 is 2.71 bits per heavy atom. The summed E-state index contributed by atoms with van der Waals surface area (Å²) < 4.78 is 0. The Morgan fingerprint density at radius 2 is 1.93 bits per heavy atom. The molecule has 0 unspecified atom stereocenters. The number of pyridine rings is 1. The molecule has 3 heterocycles. The van der Waals surface area contributed by atoms with E-state index in [1.54, 1.807) is 0 Å². The van der Waals surface area contributed by atoms with Gasteiger partial charge in [-0.1, -0.05) is 24.3 Å². The molecule has 0 aliphatic carbocycles. The maximum absolute atomic E-state index is 11.2. The fraction of sp³-hybridized carbons (Fsp3) is 0.545. The first-order valence-electron chi connectivity index (χ1n) is 10.3. The van der Waals surface area contributed by atoms with E-state index >= 15 is 0 Å². The third-order valence-corrected chi connectivity index (χ3v) is 6.38. The van der Waals surface area contributed by atoms with Gasteiger partial charge in [0, 0.05) is 63.3 Å². The van der Waals surface area contributed by atoms with Crippen LogP contribution in [0.15, 0.2) is 36.5 Å². The molecule has 150 valence electrons. The van der Waals surface area contributed by atoms with E-state index in [0.29, 0.717) is 12.0 Å². The van der Waals surface area contributed by atoms with Crippen LogP contribution in [-0.4, -0.2) is 78.2 Å². The number of fused-ring (bicyclic) bond motifs is 1. The molecule has 2 aliphatic rings. The van der Waals surface area contributed by atoms with Gasteiger partial charge in [0.05, 0.1) is 0 Å². The maximum atomic E-state index is 11.2. The minimum Gasteiger partial charge on any atom is -0.481 e. The molecule has 0 spiro atoms. The summed E-state index contributed by atoms with van der Waals surface area (Å²) in [5, 5.41) is 11.6. The van der Waals surface area contributed by atoms with E-state index in [-0.39, 0.29) is 6.42 Å². The Labute approximate surface area is 166 Å². The lowest BCUT2D eigenvalue weighted by molar-refractivity contribution is -0.137. The van der Waals surface area contributed by atoms with E-state index in [2.05, 4.69) is 52.1 Å². The van der Waals surface area contributed by atoms with Crippen LogP contribution in [0.3, 0.4) is 0 Å². The van der Waals surface area contributed by atoms with Gasteiger partial charge in [0.15, 0.2) is 0 Å². The molecule has 2 aromatic rings. The van der Waals surface area contributed by atoms with Crippen molar-refractivity contribution in [1.29, 1.82) is 0 Å². The molecule has 6 heteroatoms. The highest BCUT2D eigenvalue weighted by Gasteiger charge is 2.35. The zero-order chi connectivity index (χ0) is 19.5. The second kappa shape index (κ2) is 8.45. The topological polar surface area (TPSA) is 59.9 Å². The van der Waals surface area contributed by atoms with Gasteiger partial charge in [-0.15, -0.1) is 0 Å². The third kappa shape index (κ3) is 4.13. The molecule has 0 radical (unpaired) electrons. The molecule has 1 N–H and O–H groups in total. The number of hydrogen-bond acceptors (Lipinski definition) is 5. The molecule has 2 atom stereocenters. The molecule has 0 bridgehead atoms. The Kier molecular flexibility index (Phi) is 5.78. The van der Waals surface area contributed by atoms with Gasteiger partial charge in [0.2, 0.25) is 0 Å². The highest BCUT2D eigenvalue weighted by atomic mass is 16.4. The minimum absolute atomic E-state index is 0.242. The summed E-state index contributed by atoms with van der Waals surface area (Å²) in [7, 11) is 2.17. The van der Waals surface area contributed by atoms with Gasteiger partial charge in [-0.05, 0) is 37.3 Å². The SMILES string of the molecule is CN1CCN([C@@H]2CCN(c3nccc4ccccc34)C[C@@H]2CCC(=O)O)CC1. The van der Waals surface area contributed by atoms with Crippen LogP contribution in [0.2, 0.25) is 0 Å². The number of aliphatic carboxylic acids is 1. The van der Waals surface area contributed by atoms with Crippen molar-refractivity contribution >= 4 is 22.6 Å². The van der Waals surface area contributed by atoms with Crippen LogP contribution in [-0.2, 0) is 4.79 Å². The molecule has 6 nitrogen and oxygen atoms in total. The summed E-state index contributed by atoms with van der Waals surface area (Å²) in [4.78, 5) is 23.3. The van der Waals surface area contributed by atoms with Crippen LogP contribution in [0.4, 0.5) is 5.82 Å². The van der Waals surface area contributed by atoms with Gasteiger partial charge in [0.25, 0.3) is 0 Å². The zero-order valence-electron chi connectivity index (χ0n) is 16.6. The molecule has 2 aliphatic heterocycles. The Balaban J connectivity index is 1.55. The second-order valence-electron chi connectivity index (χ2n) is 8.19. The first-order chi connectivity index (χ1) is 13.6. The zero-order valence-corrected chi connectivity index (χ0v) is 16.6. The van der Waals surface area contributed by atoms with E-state index in [0.717, 1.165) is 57.9 Å². The molecule has 1 aromatic carbocycles. The van der Waals surface area contributed by atoms with Gasteiger partial charge in [-0.3, -0.25) is 9.69 Å². The highest BCUT2D eigenvalue weighted by molar-refractivity contribution is 5.92. The number of carboxylic acids is 1. The molecule has 0 amide bonds. The van der Waals surface area contributed by atoms with Gasteiger partial charge >= 0.3 is 5.97 Å². The average Bonchev–Trinajstić information content (AvgIpc) is 2.72. The van der Waals surface area contributed by atoms with Crippen molar-refractivity contribution in [3.63, 3.8) is 0 Å². The molecule has 1 aromatic heterocycles. The van der Waals surface area contributed by atoms with Crippen LogP contribution >= 0.6 is 0 Å². The van der Waals surface area contributed by atoms with E-state index in [1.807, 2.05) is 6.20 Å². The van der Waals surface area contributed by atoms with Crippen molar-refractivity contribution in [1.82, 2.24) is 14.8 Å². The van der Waals surface area contributed by atoms with Crippen LogP contribution in [0, 0.1) is 5.92 Å². The van der Waals surface area contributed by atoms with Gasteiger partial charge in [0.1, 0.15) is 5.82 Å². The Hall–Kier alpha value is -2.18. The Morgan fingerprint density at radius 1 is 1.14 bits per heavy atom. The minimum atomic E-state index is -0.697. The average molecular weight is 383 g/mol. The van der Waals surface area contributed by atoms with Crippen LogP contribution in [0.25, 0.3) is 10.8 Å². The first-order valence-corrected chi connectivity index (χ1v) is 10.3. The fourth-order valence-electron chi connectivity index (χ4n) is 4.79. The van der Waals surface area contributed by atoms with Crippen molar-refractivity contribution in [2.24, 2.45) is 5.92 Å². The first kappa shape index (κ1) is 19.2. The number of aromatic nitrogens is 1. The van der Waals surface area contributed by atoms with Crippen molar-refractivity contribution in [3.8, 4) is 0 Å². The predicted molar refractivity (Wildman–Crippen MR) is 112 cm³/mol. The van der Waals surface area contributed by atoms with Crippen molar-refractivity contribution < 1.29 is 9.90 Å². The van der Waals surface area contributed by atoms with E-state index in [1.165, 1.54) is 10.8 Å². The molecule has 2 fully saturated rings. The smallest absolute Gasteiger partial charge is 0.303 e. The largest absolute Gasteiger partial charge is 0.481 e. The molecule has 2 saturated heterocycles. The summed E-state index contributed by atoms with van der Waals surface area (Å²) in [5.74, 6) is 0.696. The fourth-order valence-corrected chi connectivity index (χ4v) is 4.79. The van der Waals surface area contributed by atoms with E-state index in [9.17, 15) is 9.90 Å². The number of anilines is 1. The number of carboxylic acid groups (broad SMARTS) is 1. The van der Waals surface area contributed by atoms with Gasteiger partial charge in [-0.2, -0.15) is 0 Å². The lowest BCUT2D eigenvalue weighted by atomic mass is 9.86. The highest BCUT2D eigenvalue weighted by Crippen LogP contribution is 2.32.